The number of aliphatic carboxylic acids is 1. The lowest BCUT2D eigenvalue weighted by atomic mass is 10.1. The highest BCUT2D eigenvalue weighted by Gasteiger charge is 2.15. The number of carboxylic acids is 1. The van der Waals surface area contributed by atoms with Crippen molar-refractivity contribution in [1.82, 2.24) is 5.32 Å². The summed E-state index contributed by atoms with van der Waals surface area (Å²) in [5.74, 6) is 0.105. The summed E-state index contributed by atoms with van der Waals surface area (Å²) in [6.07, 6.45) is -0.884. The summed E-state index contributed by atoms with van der Waals surface area (Å²) >= 11 is 5.96. The number of ether oxygens (including phenoxy) is 1. The van der Waals surface area contributed by atoms with E-state index in [0.29, 0.717) is 23.2 Å². The first-order valence-corrected chi connectivity index (χ1v) is 6.66. The molecule has 0 aliphatic rings. The lowest BCUT2D eigenvalue weighted by Gasteiger charge is -2.15. The van der Waals surface area contributed by atoms with E-state index in [1.54, 1.807) is 18.2 Å². The third-order valence-corrected chi connectivity index (χ3v) is 2.78. The van der Waals surface area contributed by atoms with Crippen LogP contribution in [-0.4, -0.2) is 23.7 Å². The van der Waals surface area contributed by atoms with Gasteiger partial charge in [-0.2, -0.15) is 0 Å². The van der Waals surface area contributed by atoms with E-state index in [-0.39, 0.29) is 0 Å². The number of hydrogen-bond acceptors (Lipinski definition) is 3. The molecular weight excluding hydrogens is 266 g/mol. The lowest BCUT2D eigenvalue weighted by Crippen LogP contribution is -2.24. The molecule has 106 valence electrons. The zero-order chi connectivity index (χ0) is 14.4. The van der Waals surface area contributed by atoms with Gasteiger partial charge in [0.2, 0.25) is 0 Å². The van der Waals surface area contributed by atoms with Crippen LogP contribution in [0.5, 0.6) is 5.75 Å². The van der Waals surface area contributed by atoms with Crippen molar-refractivity contribution >= 4 is 17.6 Å². The highest BCUT2D eigenvalue weighted by Crippen LogP contribution is 2.24. The molecule has 2 N–H and O–H groups in total. The SMILES string of the molecule is CC(C)CNCc1cc(Cl)ccc1OC(C)C(=O)O. The number of carbonyl (C=O) groups is 1. The molecule has 0 bridgehead atoms. The van der Waals surface area contributed by atoms with Crippen LogP contribution in [0.15, 0.2) is 18.2 Å². The molecule has 1 unspecified atom stereocenters. The second-order valence-electron chi connectivity index (χ2n) is 4.88. The van der Waals surface area contributed by atoms with E-state index in [2.05, 4.69) is 19.2 Å². The normalized spacial score (nSPS) is 12.5. The van der Waals surface area contributed by atoms with Crippen LogP contribution in [0.2, 0.25) is 5.02 Å². The number of carboxylic acid groups (broad SMARTS) is 1. The van der Waals surface area contributed by atoms with Crippen LogP contribution < -0.4 is 10.1 Å². The van der Waals surface area contributed by atoms with Crippen molar-refractivity contribution in [2.75, 3.05) is 6.54 Å². The third kappa shape index (κ3) is 5.49. The number of rotatable bonds is 7. The van der Waals surface area contributed by atoms with Gasteiger partial charge in [-0.25, -0.2) is 4.79 Å². The molecule has 0 saturated heterocycles. The van der Waals surface area contributed by atoms with Crippen LogP contribution in [0.4, 0.5) is 0 Å². The van der Waals surface area contributed by atoms with Gasteiger partial charge in [0, 0.05) is 17.1 Å². The van der Waals surface area contributed by atoms with Gasteiger partial charge < -0.3 is 15.2 Å². The monoisotopic (exact) mass is 285 g/mol. The van der Waals surface area contributed by atoms with Gasteiger partial charge in [0.1, 0.15) is 5.75 Å². The maximum Gasteiger partial charge on any atom is 0.344 e. The second kappa shape index (κ2) is 7.36. The first kappa shape index (κ1) is 15.8. The molecule has 0 spiro atoms. The minimum atomic E-state index is -0.990. The maximum atomic E-state index is 10.8. The first-order valence-electron chi connectivity index (χ1n) is 6.28. The molecule has 1 aromatic carbocycles. The zero-order valence-electron chi connectivity index (χ0n) is 11.4. The van der Waals surface area contributed by atoms with Crippen molar-refractivity contribution in [3.05, 3.63) is 28.8 Å². The van der Waals surface area contributed by atoms with Crippen molar-refractivity contribution in [1.29, 1.82) is 0 Å². The molecule has 0 heterocycles. The predicted molar refractivity (Wildman–Crippen MR) is 75.7 cm³/mol. The molecular formula is C14H20ClNO3. The summed E-state index contributed by atoms with van der Waals surface area (Å²) in [6, 6.07) is 5.18. The summed E-state index contributed by atoms with van der Waals surface area (Å²) in [5, 5.41) is 12.8. The smallest absolute Gasteiger partial charge is 0.344 e. The Morgan fingerprint density at radius 1 is 1.42 bits per heavy atom. The van der Waals surface area contributed by atoms with Crippen molar-refractivity contribution < 1.29 is 14.6 Å². The van der Waals surface area contributed by atoms with Gasteiger partial charge >= 0.3 is 5.97 Å². The molecule has 5 heteroatoms. The van der Waals surface area contributed by atoms with E-state index in [9.17, 15) is 4.79 Å². The minimum Gasteiger partial charge on any atom is -0.479 e. The molecule has 0 fully saturated rings. The largest absolute Gasteiger partial charge is 0.479 e. The minimum absolute atomic E-state index is 0.543. The first-order chi connectivity index (χ1) is 8.90. The summed E-state index contributed by atoms with van der Waals surface area (Å²) in [7, 11) is 0. The molecule has 4 nitrogen and oxygen atoms in total. The summed E-state index contributed by atoms with van der Waals surface area (Å²) in [5.41, 5.74) is 0.862. The van der Waals surface area contributed by atoms with E-state index >= 15 is 0 Å². The van der Waals surface area contributed by atoms with Crippen molar-refractivity contribution in [2.24, 2.45) is 5.92 Å². The van der Waals surface area contributed by atoms with Crippen LogP contribution in [0.25, 0.3) is 0 Å². The molecule has 0 aromatic heterocycles. The molecule has 1 atom stereocenters. The van der Waals surface area contributed by atoms with Gasteiger partial charge in [-0.3, -0.25) is 0 Å². The van der Waals surface area contributed by atoms with Crippen LogP contribution in [-0.2, 0) is 11.3 Å². The molecule has 1 rings (SSSR count). The Kier molecular flexibility index (Phi) is 6.12. The standard InChI is InChI=1S/C14H20ClNO3/c1-9(2)7-16-8-11-6-12(15)4-5-13(11)19-10(3)14(17)18/h4-6,9-10,16H,7-8H2,1-3H3,(H,17,18). The van der Waals surface area contributed by atoms with Gasteiger partial charge in [0.05, 0.1) is 0 Å². The number of halogens is 1. The molecule has 0 saturated carbocycles. The lowest BCUT2D eigenvalue weighted by molar-refractivity contribution is -0.144. The number of benzene rings is 1. The highest BCUT2D eigenvalue weighted by atomic mass is 35.5. The van der Waals surface area contributed by atoms with Gasteiger partial charge in [-0.1, -0.05) is 25.4 Å². The van der Waals surface area contributed by atoms with E-state index < -0.39 is 12.1 Å². The molecule has 0 aliphatic heterocycles. The van der Waals surface area contributed by atoms with E-state index in [1.165, 1.54) is 6.92 Å². The van der Waals surface area contributed by atoms with Crippen molar-refractivity contribution in [3.8, 4) is 5.75 Å². The third-order valence-electron chi connectivity index (χ3n) is 2.54. The van der Waals surface area contributed by atoms with E-state index in [1.807, 2.05) is 0 Å². The van der Waals surface area contributed by atoms with Crippen LogP contribution >= 0.6 is 11.6 Å². The summed E-state index contributed by atoms with van der Waals surface area (Å²) in [6.45, 7) is 7.22. The highest BCUT2D eigenvalue weighted by molar-refractivity contribution is 6.30. The Morgan fingerprint density at radius 2 is 2.11 bits per heavy atom. The Bertz CT molecular complexity index is 435. The molecule has 0 radical (unpaired) electrons. The zero-order valence-corrected chi connectivity index (χ0v) is 12.2. The van der Waals surface area contributed by atoms with Gasteiger partial charge in [0.25, 0.3) is 0 Å². The Hall–Kier alpha value is -1.26. The van der Waals surface area contributed by atoms with Gasteiger partial charge in [-0.15, -0.1) is 0 Å². The van der Waals surface area contributed by atoms with Crippen LogP contribution in [0.3, 0.4) is 0 Å². The Morgan fingerprint density at radius 3 is 2.68 bits per heavy atom. The quantitative estimate of drug-likeness (QED) is 0.809. The maximum absolute atomic E-state index is 10.8. The fraction of sp³-hybridized carbons (Fsp3) is 0.500. The topological polar surface area (TPSA) is 58.6 Å². The van der Waals surface area contributed by atoms with Crippen molar-refractivity contribution in [3.63, 3.8) is 0 Å². The van der Waals surface area contributed by atoms with E-state index in [4.69, 9.17) is 21.4 Å². The number of hydrogen-bond donors (Lipinski definition) is 2. The molecule has 0 amide bonds. The van der Waals surface area contributed by atoms with Crippen LogP contribution in [0, 0.1) is 5.92 Å². The fourth-order valence-electron chi connectivity index (χ4n) is 1.54. The molecule has 1 aromatic rings. The number of nitrogens with one attached hydrogen (secondary N) is 1. The van der Waals surface area contributed by atoms with Gasteiger partial charge in [-0.05, 0) is 37.6 Å². The predicted octanol–water partition coefficient (Wildman–Crippen LogP) is 2.94. The van der Waals surface area contributed by atoms with E-state index in [0.717, 1.165) is 12.1 Å². The average molecular weight is 286 g/mol. The Labute approximate surface area is 118 Å². The molecule has 19 heavy (non-hydrogen) atoms. The van der Waals surface area contributed by atoms with Crippen molar-refractivity contribution in [2.45, 2.75) is 33.4 Å². The summed E-state index contributed by atoms with van der Waals surface area (Å²) < 4.78 is 5.42. The van der Waals surface area contributed by atoms with Crippen LogP contribution in [0.1, 0.15) is 26.3 Å². The Balaban J connectivity index is 2.76. The fourth-order valence-corrected chi connectivity index (χ4v) is 1.73. The average Bonchev–Trinajstić information content (AvgIpc) is 2.31. The molecule has 0 aliphatic carbocycles. The second-order valence-corrected chi connectivity index (χ2v) is 5.31. The summed E-state index contributed by atoms with van der Waals surface area (Å²) in [4.78, 5) is 10.8. The van der Waals surface area contributed by atoms with Gasteiger partial charge in [0.15, 0.2) is 6.10 Å².